The summed E-state index contributed by atoms with van der Waals surface area (Å²) in [5, 5.41) is 18.8. The molecule has 170 valence electrons. The number of rotatable bonds is 4. The highest BCUT2D eigenvalue weighted by Gasteiger charge is 2.61. The molecule has 4 N–H and O–H groups in total. The molecule has 4 saturated carbocycles. The number of carboxylic acid groups (broad SMARTS) is 1. The van der Waals surface area contributed by atoms with Gasteiger partial charge in [-0.25, -0.2) is 4.79 Å². The number of carbonyl (C=O) groups is 2. The number of halogens is 3. The Morgan fingerprint density at radius 3 is 2.42 bits per heavy atom. The number of nitrogens with one attached hydrogen (secondary N) is 1. The Balaban J connectivity index is 1.42. The van der Waals surface area contributed by atoms with Crippen molar-refractivity contribution in [3.8, 4) is 0 Å². The number of nitrogens with two attached hydrogens (primary N) is 1. The Morgan fingerprint density at radius 1 is 1.19 bits per heavy atom. The van der Waals surface area contributed by atoms with Gasteiger partial charge in [-0.15, -0.1) is 10.2 Å². The molecule has 1 saturated heterocycles. The number of likely N-dealkylation sites (tertiary alicyclic amines) is 1. The van der Waals surface area contributed by atoms with Crippen LogP contribution >= 0.6 is 11.3 Å². The molecule has 1 aliphatic heterocycles. The van der Waals surface area contributed by atoms with Gasteiger partial charge in [0.15, 0.2) is 0 Å². The highest BCUT2D eigenvalue weighted by molar-refractivity contribution is 7.15. The Morgan fingerprint density at radius 2 is 1.87 bits per heavy atom. The largest absolute Gasteiger partial charge is 0.465 e. The van der Waals surface area contributed by atoms with Crippen LogP contribution < -0.4 is 11.1 Å². The monoisotopic (exact) mass is 459 g/mol. The molecule has 31 heavy (non-hydrogen) atoms. The fraction of sp³-hybridized carbons (Fsp3) is 0.789. The third-order valence-electron chi connectivity index (χ3n) is 7.94. The van der Waals surface area contributed by atoms with E-state index in [4.69, 9.17) is 5.73 Å². The highest BCUT2D eigenvalue weighted by atomic mass is 32.1. The van der Waals surface area contributed by atoms with Gasteiger partial charge in [0.25, 0.3) is 0 Å². The fourth-order valence-electron chi connectivity index (χ4n) is 7.15. The second-order valence-electron chi connectivity index (χ2n) is 9.61. The molecule has 7 atom stereocenters. The smallest absolute Gasteiger partial charge is 0.445 e. The summed E-state index contributed by atoms with van der Waals surface area (Å²) >= 11 is 0.432. The van der Waals surface area contributed by atoms with Gasteiger partial charge in [-0.1, -0.05) is 11.3 Å². The molecule has 0 aromatic carbocycles. The number of primary amides is 1. The lowest BCUT2D eigenvalue weighted by molar-refractivity contribution is -0.154. The van der Waals surface area contributed by atoms with Crippen LogP contribution in [0.4, 0.5) is 23.1 Å². The maximum absolute atomic E-state index is 12.9. The van der Waals surface area contributed by atoms with Crippen molar-refractivity contribution in [3.05, 3.63) is 5.01 Å². The van der Waals surface area contributed by atoms with Gasteiger partial charge >= 0.3 is 12.3 Å². The normalized spacial score (nSPS) is 39.1. The van der Waals surface area contributed by atoms with Gasteiger partial charge in [-0.05, 0) is 62.2 Å². The summed E-state index contributed by atoms with van der Waals surface area (Å²) < 4.78 is 38.7. The minimum Gasteiger partial charge on any atom is -0.465 e. The number of hydrogen-bond donors (Lipinski definition) is 3. The van der Waals surface area contributed by atoms with Gasteiger partial charge in [0.2, 0.25) is 16.0 Å². The first-order valence-corrected chi connectivity index (χ1v) is 11.4. The second kappa shape index (κ2) is 6.94. The van der Waals surface area contributed by atoms with Crippen molar-refractivity contribution in [3.63, 3.8) is 0 Å². The topological polar surface area (TPSA) is 121 Å². The van der Waals surface area contributed by atoms with Crippen molar-refractivity contribution in [2.75, 3.05) is 11.9 Å². The third kappa shape index (κ3) is 3.33. The van der Waals surface area contributed by atoms with Crippen LogP contribution in [0.15, 0.2) is 0 Å². The predicted octanol–water partition coefficient (Wildman–Crippen LogP) is 3.02. The van der Waals surface area contributed by atoms with Crippen LogP contribution in [0.3, 0.4) is 0 Å². The molecule has 8 nitrogen and oxygen atoms in total. The molecule has 1 aromatic heterocycles. The lowest BCUT2D eigenvalue weighted by atomic mass is 9.44. The lowest BCUT2D eigenvalue weighted by Gasteiger charge is -2.61. The molecular formula is C19H24F3N5O3S. The molecule has 12 heteroatoms. The van der Waals surface area contributed by atoms with Crippen LogP contribution in [0.5, 0.6) is 0 Å². The number of amides is 2. The Hall–Kier alpha value is -2.11. The zero-order valence-corrected chi connectivity index (χ0v) is 17.5. The second-order valence-corrected chi connectivity index (χ2v) is 10.6. The number of carbonyl (C=O) groups excluding carboxylic acids is 1. The van der Waals surface area contributed by atoms with E-state index in [1.54, 1.807) is 0 Å². The van der Waals surface area contributed by atoms with E-state index in [2.05, 4.69) is 15.5 Å². The molecule has 2 heterocycles. The van der Waals surface area contributed by atoms with E-state index in [1.807, 2.05) is 0 Å². The molecule has 0 spiro atoms. The van der Waals surface area contributed by atoms with Crippen molar-refractivity contribution in [1.82, 2.24) is 15.1 Å². The maximum Gasteiger partial charge on any atom is 0.445 e. The minimum atomic E-state index is -4.57. The van der Waals surface area contributed by atoms with Gasteiger partial charge in [0, 0.05) is 12.0 Å². The molecule has 5 fully saturated rings. The van der Waals surface area contributed by atoms with Crippen LogP contribution in [0, 0.1) is 29.1 Å². The number of hydrogen-bond acceptors (Lipinski definition) is 6. The van der Waals surface area contributed by atoms with Crippen molar-refractivity contribution in [2.24, 2.45) is 34.8 Å². The summed E-state index contributed by atoms with van der Waals surface area (Å²) in [6, 6.07) is -0.729. The van der Waals surface area contributed by atoms with Gasteiger partial charge in [0.1, 0.15) is 0 Å². The summed E-state index contributed by atoms with van der Waals surface area (Å²) in [7, 11) is 0. The van der Waals surface area contributed by atoms with E-state index < -0.39 is 22.7 Å². The molecule has 1 aromatic rings. The van der Waals surface area contributed by atoms with Crippen LogP contribution in [0.25, 0.3) is 0 Å². The van der Waals surface area contributed by atoms with Crippen LogP contribution in [-0.4, -0.2) is 50.8 Å². The van der Waals surface area contributed by atoms with E-state index in [0.717, 1.165) is 19.3 Å². The average Bonchev–Trinajstić information content (AvgIpc) is 3.29. The van der Waals surface area contributed by atoms with Crippen LogP contribution in [-0.2, 0) is 11.0 Å². The van der Waals surface area contributed by atoms with Gasteiger partial charge in [-0.3, -0.25) is 4.79 Å². The van der Waals surface area contributed by atoms with Gasteiger partial charge < -0.3 is 21.1 Å². The maximum atomic E-state index is 12.9. The number of alkyl halides is 3. The van der Waals surface area contributed by atoms with Crippen molar-refractivity contribution >= 4 is 28.5 Å². The summed E-state index contributed by atoms with van der Waals surface area (Å²) in [6.45, 7) is 0.308. The summed E-state index contributed by atoms with van der Waals surface area (Å²) in [5.41, 5.74) is 5.29. The molecular weight excluding hydrogens is 435 g/mol. The number of anilines is 1. The molecule has 5 aliphatic rings. The molecule has 0 radical (unpaired) electrons. The zero-order valence-electron chi connectivity index (χ0n) is 16.6. The quantitative estimate of drug-likeness (QED) is 0.636. The first-order chi connectivity index (χ1) is 14.6. The average molecular weight is 459 g/mol. The number of nitrogens with zero attached hydrogens (tertiary/aromatic N) is 3. The Kier molecular flexibility index (Phi) is 4.65. The van der Waals surface area contributed by atoms with Crippen LogP contribution in [0.2, 0.25) is 0 Å². The molecule has 5 unspecified atom stereocenters. The SMILES string of the molecule is NC(=O)C12CC3C[C@H](C1)C(C1C(Nc4nnc(C(F)(F)F)s4)CCN1C(=O)O)[C@@H](C3)C2. The standard InChI is InChI=1S/C19H24F3N5O3S/c20-19(21,22)15-25-26-16(31-15)24-11-1-2-27(17(29)30)13(11)12-9-3-8-4-10(12)7-18(5-8,6-9)14(23)28/h8-13H,1-7H2,(H2,23,28)(H,24,26)(H,29,30)/t8?,9-,10+,11?,12?,13?,18?. The third-order valence-corrected chi connectivity index (χ3v) is 8.84. The first-order valence-electron chi connectivity index (χ1n) is 10.5. The molecule has 4 bridgehead atoms. The molecule has 4 aliphatic carbocycles. The van der Waals surface area contributed by atoms with E-state index >= 15 is 0 Å². The Labute approximate surface area is 180 Å². The minimum absolute atomic E-state index is 0.0481. The van der Waals surface area contributed by atoms with Crippen molar-refractivity contribution in [2.45, 2.75) is 56.8 Å². The zero-order chi connectivity index (χ0) is 22.1. The molecule has 2 amide bonds. The highest BCUT2D eigenvalue weighted by Crippen LogP contribution is 2.63. The van der Waals surface area contributed by atoms with Crippen molar-refractivity contribution in [1.29, 1.82) is 0 Å². The fourth-order valence-corrected chi connectivity index (χ4v) is 7.82. The summed E-state index contributed by atoms with van der Waals surface area (Å²) in [5.74, 6) is 0.608. The number of aromatic nitrogens is 2. The predicted molar refractivity (Wildman–Crippen MR) is 104 cm³/mol. The molecule has 6 rings (SSSR count). The first kappa shape index (κ1) is 20.8. The van der Waals surface area contributed by atoms with Gasteiger partial charge in [0.05, 0.1) is 12.1 Å². The summed E-state index contributed by atoms with van der Waals surface area (Å²) in [6.07, 6.45) is -1.04. The van der Waals surface area contributed by atoms with E-state index in [9.17, 15) is 27.9 Å². The van der Waals surface area contributed by atoms with E-state index in [1.165, 1.54) is 4.90 Å². The van der Waals surface area contributed by atoms with E-state index in [-0.39, 0.29) is 40.9 Å². The van der Waals surface area contributed by atoms with E-state index in [0.29, 0.717) is 43.1 Å². The van der Waals surface area contributed by atoms with Gasteiger partial charge in [-0.2, -0.15) is 13.2 Å². The summed E-state index contributed by atoms with van der Waals surface area (Å²) in [4.78, 5) is 25.7. The van der Waals surface area contributed by atoms with Crippen LogP contribution in [0.1, 0.15) is 43.5 Å². The lowest BCUT2D eigenvalue weighted by Crippen LogP contribution is -2.61. The van der Waals surface area contributed by atoms with Crippen molar-refractivity contribution < 1.29 is 27.9 Å². The Bertz CT molecular complexity index is 893.